The van der Waals surface area contributed by atoms with Crippen molar-refractivity contribution in [3.05, 3.63) is 85.1 Å². The summed E-state index contributed by atoms with van der Waals surface area (Å²) < 4.78 is 30.5. The van der Waals surface area contributed by atoms with Gasteiger partial charge >= 0.3 is 5.97 Å². The van der Waals surface area contributed by atoms with Gasteiger partial charge in [-0.15, -0.1) is 0 Å². The average Bonchev–Trinajstić information content (AvgIpc) is 3.69. The van der Waals surface area contributed by atoms with Crippen molar-refractivity contribution in [3.63, 3.8) is 0 Å². The minimum absolute atomic E-state index is 0.0246. The lowest BCUT2D eigenvalue weighted by molar-refractivity contribution is -0.870. The molecule has 9 nitrogen and oxygen atoms in total. The maximum atomic E-state index is 13.6. The third-order valence-corrected chi connectivity index (χ3v) is 17.3. The molecule has 0 radical (unpaired) electrons. The molecular weight excluding hydrogens is 1100 g/mol. The molecule has 1 N–H and O–H groups in total. The zero-order chi connectivity index (χ0) is 63.5. The largest absolute Gasteiger partial charge is 0.756 e. The molecule has 0 aliphatic heterocycles. The van der Waals surface area contributed by atoms with Gasteiger partial charge in [-0.05, 0) is 102 Å². The normalized spacial score (nSPS) is 14.0. The van der Waals surface area contributed by atoms with Crippen molar-refractivity contribution in [3.8, 4) is 0 Å². The first-order valence-electron chi connectivity index (χ1n) is 36.9. The standard InChI is InChI=1S/C77H141N2O7P/c1-7-10-13-16-19-22-25-28-30-32-34-36-37-38-39-40-41-43-44-46-48-51-54-57-60-63-66-69-76(80)78-74(73-85-87(82,83)84-72-71-79(4,5)6)75(68-65-62-59-56-53-50-27-24-21-18-15-12-9-3)86-77(81)70-67-64-61-58-55-52-49-47-45-42-35-33-31-29-26-23-20-17-14-11-8-2/h10,13,19,22,28-31,34,36,38-39,65,68,74-75H,7-9,11-12,14-18,20-21,23-27,32-33,35,37,40-64,66-67,69-73H2,1-6H3,(H-,78,80,82,83)/b13-10-,22-19-,30-28-,31-29+,36-34-,39-38-,68-65-. The van der Waals surface area contributed by atoms with Crippen LogP contribution in [0.3, 0.4) is 0 Å². The number of carbonyl (C=O) groups excluding carboxylic acids is 2. The Bertz CT molecular complexity index is 1760. The molecule has 10 heteroatoms. The Morgan fingerprint density at radius 1 is 0.414 bits per heavy atom. The van der Waals surface area contributed by atoms with Crippen LogP contribution in [0.15, 0.2) is 85.1 Å². The van der Waals surface area contributed by atoms with Crippen LogP contribution in [0.4, 0.5) is 0 Å². The maximum absolute atomic E-state index is 13.6. The smallest absolute Gasteiger partial charge is 0.306 e. The van der Waals surface area contributed by atoms with Crippen LogP contribution in [0.1, 0.15) is 342 Å². The summed E-state index contributed by atoms with van der Waals surface area (Å²) in [7, 11) is 1.19. The molecule has 1 amide bonds. The van der Waals surface area contributed by atoms with E-state index in [2.05, 4.69) is 99.0 Å². The molecule has 0 fully saturated rings. The van der Waals surface area contributed by atoms with Crippen molar-refractivity contribution in [2.45, 2.75) is 354 Å². The van der Waals surface area contributed by atoms with Gasteiger partial charge in [0, 0.05) is 12.8 Å². The van der Waals surface area contributed by atoms with E-state index in [0.717, 1.165) is 103 Å². The van der Waals surface area contributed by atoms with E-state index in [1.165, 1.54) is 205 Å². The summed E-state index contributed by atoms with van der Waals surface area (Å²) in [6.45, 7) is 6.76. The lowest BCUT2D eigenvalue weighted by atomic mass is 10.0. The van der Waals surface area contributed by atoms with Crippen molar-refractivity contribution in [1.82, 2.24) is 5.32 Å². The summed E-state index contributed by atoms with van der Waals surface area (Å²) in [6, 6.07) is -0.895. The van der Waals surface area contributed by atoms with Crippen LogP contribution in [-0.4, -0.2) is 69.4 Å². The van der Waals surface area contributed by atoms with Gasteiger partial charge in [-0.2, -0.15) is 0 Å². The van der Waals surface area contributed by atoms with Crippen LogP contribution < -0.4 is 10.2 Å². The summed E-state index contributed by atoms with van der Waals surface area (Å²) in [6.07, 6.45) is 88.5. The molecule has 0 aliphatic rings. The van der Waals surface area contributed by atoms with Crippen LogP contribution in [0.25, 0.3) is 0 Å². The Hall–Kier alpha value is -2.81. The molecule has 506 valence electrons. The number of quaternary nitrogens is 1. The molecular formula is C77H141N2O7P. The number of carbonyl (C=O) groups is 2. The van der Waals surface area contributed by atoms with Gasteiger partial charge in [-0.1, -0.05) is 312 Å². The van der Waals surface area contributed by atoms with Crippen LogP contribution in [0.2, 0.25) is 0 Å². The number of rotatable bonds is 67. The van der Waals surface area contributed by atoms with Crippen molar-refractivity contribution in [2.75, 3.05) is 40.9 Å². The highest BCUT2D eigenvalue weighted by molar-refractivity contribution is 7.45. The molecule has 3 atom stereocenters. The molecule has 0 spiro atoms. The number of nitrogens with one attached hydrogen (secondary N) is 1. The Labute approximate surface area is 539 Å². The molecule has 0 bridgehead atoms. The molecule has 0 rings (SSSR count). The second-order valence-corrected chi connectivity index (χ2v) is 27.5. The zero-order valence-corrected chi connectivity index (χ0v) is 58.9. The molecule has 0 heterocycles. The second-order valence-electron chi connectivity index (χ2n) is 26.1. The Balaban J connectivity index is 5.06. The van der Waals surface area contributed by atoms with Gasteiger partial charge < -0.3 is 28.5 Å². The molecule has 3 unspecified atom stereocenters. The third kappa shape index (κ3) is 67.4. The molecule has 0 saturated heterocycles. The zero-order valence-electron chi connectivity index (χ0n) is 58.0. The second kappa shape index (κ2) is 66.1. The van der Waals surface area contributed by atoms with E-state index in [1.807, 2.05) is 33.3 Å². The minimum atomic E-state index is -4.71. The summed E-state index contributed by atoms with van der Waals surface area (Å²) in [4.78, 5) is 40.3. The van der Waals surface area contributed by atoms with E-state index in [4.69, 9.17) is 13.8 Å². The van der Waals surface area contributed by atoms with Crippen LogP contribution in [-0.2, 0) is 27.9 Å². The average molecular weight is 1240 g/mol. The van der Waals surface area contributed by atoms with Crippen molar-refractivity contribution >= 4 is 19.7 Å². The fourth-order valence-electron chi connectivity index (χ4n) is 10.7. The first-order valence-corrected chi connectivity index (χ1v) is 38.4. The van der Waals surface area contributed by atoms with Crippen molar-refractivity contribution in [2.24, 2.45) is 0 Å². The van der Waals surface area contributed by atoms with Gasteiger partial charge in [0.15, 0.2) is 0 Å². The maximum Gasteiger partial charge on any atom is 0.306 e. The number of hydrogen-bond acceptors (Lipinski definition) is 7. The number of nitrogens with zero attached hydrogens (tertiary/aromatic N) is 1. The van der Waals surface area contributed by atoms with E-state index in [-0.39, 0.29) is 24.9 Å². The molecule has 0 saturated carbocycles. The Morgan fingerprint density at radius 2 is 0.736 bits per heavy atom. The van der Waals surface area contributed by atoms with Crippen LogP contribution in [0, 0.1) is 0 Å². The quantitative estimate of drug-likeness (QED) is 0.0212. The van der Waals surface area contributed by atoms with Crippen molar-refractivity contribution in [1.29, 1.82) is 0 Å². The lowest BCUT2D eigenvalue weighted by Crippen LogP contribution is -2.47. The fourth-order valence-corrected chi connectivity index (χ4v) is 11.4. The summed E-state index contributed by atoms with van der Waals surface area (Å²) in [5, 5.41) is 3.05. The highest BCUT2D eigenvalue weighted by Crippen LogP contribution is 2.38. The SMILES string of the molecule is CC/C=C\C/C=C\C/C=C\C/C=C\C/C=C\CCCCCCCCCCCCCC(=O)NC(COP(=O)([O-])OCC[N+](C)(C)C)C(/C=C\CCCCCCCCCCCCC)OC(=O)CCCCCCCCCCCCC/C=C/CCCCCCCC. The number of allylic oxidation sites excluding steroid dienone is 13. The number of likely N-dealkylation sites (N-methyl/N-ethyl adjacent to an activating group) is 1. The predicted molar refractivity (Wildman–Crippen MR) is 376 cm³/mol. The Kier molecular flexibility index (Phi) is 64.0. The molecule has 0 aliphatic carbocycles. The molecule has 0 aromatic rings. The summed E-state index contributed by atoms with van der Waals surface area (Å²) in [5.74, 6) is -0.535. The van der Waals surface area contributed by atoms with E-state index in [0.29, 0.717) is 17.4 Å². The minimum Gasteiger partial charge on any atom is -0.756 e. The van der Waals surface area contributed by atoms with Gasteiger partial charge in [0.1, 0.15) is 19.3 Å². The number of hydrogen-bond donors (Lipinski definition) is 1. The highest BCUT2D eigenvalue weighted by atomic mass is 31.2. The number of phosphoric ester groups is 1. The Morgan fingerprint density at radius 3 is 1.11 bits per heavy atom. The van der Waals surface area contributed by atoms with Crippen molar-refractivity contribution < 1.29 is 37.3 Å². The monoisotopic (exact) mass is 1240 g/mol. The van der Waals surface area contributed by atoms with Gasteiger partial charge in [-0.3, -0.25) is 14.2 Å². The number of amides is 1. The first kappa shape index (κ1) is 84.2. The fraction of sp³-hybridized carbons (Fsp3) is 0.792. The summed E-state index contributed by atoms with van der Waals surface area (Å²) in [5.41, 5.74) is 0. The number of unbranched alkanes of at least 4 members (excludes halogenated alkanes) is 39. The van der Waals surface area contributed by atoms with Gasteiger partial charge in [0.2, 0.25) is 5.91 Å². The van der Waals surface area contributed by atoms with Crippen LogP contribution >= 0.6 is 7.82 Å². The molecule has 87 heavy (non-hydrogen) atoms. The molecule has 0 aromatic heterocycles. The van der Waals surface area contributed by atoms with Crippen LogP contribution in [0.5, 0.6) is 0 Å². The van der Waals surface area contributed by atoms with Gasteiger partial charge in [-0.25, -0.2) is 0 Å². The number of ether oxygens (including phenoxy) is 1. The highest BCUT2D eigenvalue weighted by Gasteiger charge is 2.27. The predicted octanol–water partition coefficient (Wildman–Crippen LogP) is 23.0. The van der Waals surface area contributed by atoms with Gasteiger partial charge in [0.05, 0.1) is 33.8 Å². The van der Waals surface area contributed by atoms with E-state index in [1.54, 1.807) is 0 Å². The summed E-state index contributed by atoms with van der Waals surface area (Å²) >= 11 is 0. The topological polar surface area (TPSA) is 114 Å². The van der Waals surface area contributed by atoms with E-state index < -0.39 is 26.6 Å². The molecule has 0 aromatic carbocycles. The van der Waals surface area contributed by atoms with Gasteiger partial charge in [0.25, 0.3) is 7.82 Å². The third-order valence-electron chi connectivity index (χ3n) is 16.3. The number of phosphoric acid groups is 1. The van der Waals surface area contributed by atoms with E-state index in [9.17, 15) is 19.0 Å². The van der Waals surface area contributed by atoms with E-state index >= 15 is 0 Å². The number of esters is 1. The first-order chi connectivity index (χ1) is 42.4. The lowest BCUT2D eigenvalue weighted by Gasteiger charge is -2.30.